The van der Waals surface area contributed by atoms with Crippen LogP contribution in [0.4, 0.5) is 5.69 Å². The van der Waals surface area contributed by atoms with Crippen molar-refractivity contribution in [3.8, 4) is 0 Å². The number of carbonyl (C=O) groups is 2. The molecule has 1 amide bonds. The van der Waals surface area contributed by atoms with Crippen molar-refractivity contribution in [2.75, 3.05) is 16.8 Å². The monoisotopic (exact) mass is 325 g/mol. The number of halogens is 1. The number of carboxylic acid groups (broad SMARTS) is 1. The highest BCUT2D eigenvalue weighted by Gasteiger charge is 2.29. The van der Waals surface area contributed by atoms with Gasteiger partial charge in [-0.3, -0.25) is 9.59 Å². The van der Waals surface area contributed by atoms with Gasteiger partial charge in [-0.15, -0.1) is 0 Å². The first-order chi connectivity index (χ1) is 9.10. The Morgan fingerprint density at radius 1 is 1.37 bits per heavy atom. The molecule has 0 saturated carbocycles. The molecule has 1 aromatic carbocycles. The van der Waals surface area contributed by atoms with Gasteiger partial charge in [-0.1, -0.05) is 28.1 Å². The average Bonchev–Trinajstić information content (AvgIpc) is 2.78. The molecule has 1 unspecified atom stereocenters. The maximum Gasteiger partial charge on any atom is 0.303 e. The first kappa shape index (κ1) is 14.1. The second-order valence-electron chi connectivity index (χ2n) is 4.79. The Bertz CT molecular complexity index is 472. The summed E-state index contributed by atoms with van der Waals surface area (Å²) in [6, 6.07) is 7.58. The lowest BCUT2D eigenvalue weighted by Gasteiger charge is -2.16. The molecule has 4 nitrogen and oxygen atoms in total. The van der Waals surface area contributed by atoms with Crippen LogP contribution in [0.5, 0.6) is 0 Å². The quantitative estimate of drug-likeness (QED) is 0.846. The van der Waals surface area contributed by atoms with Crippen molar-refractivity contribution in [2.24, 2.45) is 5.92 Å². The highest BCUT2D eigenvalue weighted by atomic mass is 79.9. The molecule has 2 rings (SSSR count). The Morgan fingerprint density at radius 3 is 2.58 bits per heavy atom. The number of amides is 1. The SMILES string of the molecule is O=C(O)CCc1ccc(N2CC(CBr)CC2=O)cc1. The predicted octanol–water partition coefficient (Wildman–Crippen LogP) is 2.45. The molecule has 1 atom stereocenters. The molecule has 1 aliphatic heterocycles. The summed E-state index contributed by atoms with van der Waals surface area (Å²) in [5.41, 5.74) is 1.88. The van der Waals surface area contributed by atoms with Gasteiger partial charge in [-0.25, -0.2) is 0 Å². The van der Waals surface area contributed by atoms with Gasteiger partial charge in [0.15, 0.2) is 0 Å². The summed E-state index contributed by atoms with van der Waals surface area (Å²) in [5, 5.41) is 9.47. The van der Waals surface area contributed by atoms with Crippen LogP contribution < -0.4 is 4.90 Å². The molecule has 0 aromatic heterocycles. The summed E-state index contributed by atoms with van der Waals surface area (Å²) in [6.45, 7) is 0.749. The number of alkyl halides is 1. The summed E-state index contributed by atoms with van der Waals surface area (Å²) in [5.74, 6) is -0.263. The van der Waals surface area contributed by atoms with Gasteiger partial charge in [0.1, 0.15) is 0 Å². The number of nitrogens with zero attached hydrogens (tertiary/aromatic N) is 1. The first-order valence-corrected chi connectivity index (χ1v) is 7.39. The molecular weight excluding hydrogens is 310 g/mol. The van der Waals surface area contributed by atoms with Gasteiger partial charge < -0.3 is 10.0 Å². The van der Waals surface area contributed by atoms with E-state index in [1.807, 2.05) is 24.3 Å². The number of benzene rings is 1. The smallest absolute Gasteiger partial charge is 0.303 e. The van der Waals surface area contributed by atoms with Crippen molar-refractivity contribution in [3.63, 3.8) is 0 Å². The van der Waals surface area contributed by atoms with Crippen LogP contribution in [0, 0.1) is 5.92 Å². The topological polar surface area (TPSA) is 57.6 Å². The van der Waals surface area contributed by atoms with Gasteiger partial charge in [-0.05, 0) is 30.0 Å². The summed E-state index contributed by atoms with van der Waals surface area (Å²) >= 11 is 3.41. The Hall–Kier alpha value is -1.36. The lowest BCUT2D eigenvalue weighted by atomic mass is 10.1. The normalized spacial score (nSPS) is 18.9. The van der Waals surface area contributed by atoms with Crippen LogP contribution in [0.2, 0.25) is 0 Å². The standard InChI is InChI=1S/C14H16BrNO3/c15-8-11-7-13(17)16(9-11)12-4-1-10(2-5-12)3-6-14(18)19/h1-2,4-5,11H,3,6-9H2,(H,18,19). The molecule has 0 bridgehead atoms. The van der Waals surface area contributed by atoms with E-state index in [4.69, 9.17) is 5.11 Å². The van der Waals surface area contributed by atoms with E-state index in [0.29, 0.717) is 18.8 Å². The number of carbonyl (C=O) groups excluding carboxylic acids is 1. The molecule has 102 valence electrons. The van der Waals surface area contributed by atoms with Crippen LogP contribution in [0.25, 0.3) is 0 Å². The van der Waals surface area contributed by atoms with E-state index in [1.54, 1.807) is 4.90 Å². The minimum atomic E-state index is -0.793. The van der Waals surface area contributed by atoms with Crippen molar-refractivity contribution in [1.29, 1.82) is 0 Å². The van der Waals surface area contributed by atoms with E-state index in [-0.39, 0.29) is 12.3 Å². The number of hydrogen-bond donors (Lipinski definition) is 1. The van der Waals surface area contributed by atoms with E-state index < -0.39 is 5.97 Å². The average molecular weight is 326 g/mol. The summed E-state index contributed by atoms with van der Waals surface area (Å²) < 4.78 is 0. The van der Waals surface area contributed by atoms with Gasteiger partial charge in [0.2, 0.25) is 5.91 Å². The van der Waals surface area contributed by atoms with E-state index >= 15 is 0 Å². The van der Waals surface area contributed by atoms with Crippen LogP contribution in [0.15, 0.2) is 24.3 Å². The molecule has 1 aliphatic rings. The van der Waals surface area contributed by atoms with Crippen molar-refractivity contribution in [3.05, 3.63) is 29.8 Å². The summed E-state index contributed by atoms with van der Waals surface area (Å²) in [4.78, 5) is 24.2. The number of aliphatic carboxylic acids is 1. The fraction of sp³-hybridized carbons (Fsp3) is 0.429. The fourth-order valence-corrected chi connectivity index (χ4v) is 2.66. The third-order valence-corrected chi connectivity index (χ3v) is 4.21. The highest BCUT2D eigenvalue weighted by molar-refractivity contribution is 9.09. The van der Waals surface area contributed by atoms with Gasteiger partial charge in [-0.2, -0.15) is 0 Å². The zero-order valence-electron chi connectivity index (χ0n) is 10.5. The molecule has 1 saturated heterocycles. The Morgan fingerprint density at radius 2 is 2.05 bits per heavy atom. The molecule has 0 spiro atoms. The third-order valence-electron chi connectivity index (χ3n) is 3.30. The number of carboxylic acids is 1. The van der Waals surface area contributed by atoms with Crippen molar-refractivity contribution in [2.45, 2.75) is 19.3 Å². The van der Waals surface area contributed by atoms with Gasteiger partial charge in [0, 0.05) is 30.4 Å². The third kappa shape index (κ3) is 3.56. The van der Waals surface area contributed by atoms with Crippen molar-refractivity contribution in [1.82, 2.24) is 0 Å². The Balaban J connectivity index is 2.02. The maximum absolute atomic E-state index is 11.9. The predicted molar refractivity (Wildman–Crippen MR) is 76.7 cm³/mol. The number of aryl methyl sites for hydroxylation is 1. The van der Waals surface area contributed by atoms with Crippen LogP contribution in [0.1, 0.15) is 18.4 Å². The Kier molecular flexibility index (Phi) is 4.58. The van der Waals surface area contributed by atoms with Crippen LogP contribution >= 0.6 is 15.9 Å². The molecule has 5 heteroatoms. The molecule has 1 fully saturated rings. The van der Waals surface area contributed by atoms with Crippen LogP contribution in [-0.4, -0.2) is 28.9 Å². The van der Waals surface area contributed by atoms with Gasteiger partial charge >= 0.3 is 5.97 Å². The fourth-order valence-electron chi connectivity index (χ4n) is 2.23. The lowest BCUT2D eigenvalue weighted by molar-refractivity contribution is -0.137. The van der Waals surface area contributed by atoms with Gasteiger partial charge in [0.05, 0.1) is 0 Å². The molecule has 1 aromatic rings. The lowest BCUT2D eigenvalue weighted by Crippen LogP contribution is -2.24. The number of rotatable bonds is 5. The van der Waals surface area contributed by atoms with Crippen LogP contribution in [-0.2, 0) is 16.0 Å². The zero-order chi connectivity index (χ0) is 13.8. The summed E-state index contributed by atoms with van der Waals surface area (Å²) in [6.07, 6.45) is 1.24. The second kappa shape index (κ2) is 6.19. The molecular formula is C14H16BrNO3. The first-order valence-electron chi connectivity index (χ1n) is 6.27. The van der Waals surface area contributed by atoms with E-state index in [2.05, 4.69) is 15.9 Å². The number of anilines is 1. The largest absolute Gasteiger partial charge is 0.481 e. The second-order valence-corrected chi connectivity index (χ2v) is 5.44. The van der Waals surface area contributed by atoms with E-state index in [1.165, 1.54) is 0 Å². The highest BCUT2D eigenvalue weighted by Crippen LogP contribution is 2.26. The van der Waals surface area contributed by atoms with Crippen molar-refractivity contribution >= 4 is 33.5 Å². The molecule has 0 radical (unpaired) electrons. The Labute approximate surface area is 120 Å². The molecule has 19 heavy (non-hydrogen) atoms. The van der Waals surface area contributed by atoms with Crippen molar-refractivity contribution < 1.29 is 14.7 Å². The molecule has 1 heterocycles. The van der Waals surface area contributed by atoms with E-state index in [0.717, 1.165) is 23.1 Å². The minimum absolute atomic E-state index is 0.133. The maximum atomic E-state index is 11.9. The number of hydrogen-bond acceptors (Lipinski definition) is 2. The van der Waals surface area contributed by atoms with Crippen LogP contribution in [0.3, 0.4) is 0 Å². The molecule has 1 N–H and O–H groups in total. The summed E-state index contributed by atoms with van der Waals surface area (Å²) in [7, 11) is 0. The minimum Gasteiger partial charge on any atom is -0.481 e. The zero-order valence-corrected chi connectivity index (χ0v) is 12.1. The van der Waals surface area contributed by atoms with Gasteiger partial charge in [0.25, 0.3) is 0 Å². The van der Waals surface area contributed by atoms with E-state index in [9.17, 15) is 9.59 Å². The molecule has 0 aliphatic carbocycles.